The number of hydrogen-bond acceptors (Lipinski definition) is 3. The molecule has 0 radical (unpaired) electrons. The number of hydrazone groups is 1. The van der Waals surface area contributed by atoms with Crippen LogP contribution < -0.4 is 11.2 Å². The van der Waals surface area contributed by atoms with Crippen LogP contribution in [0.5, 0.6) is 0 Å². The van der Waals surface area contributed by atoms with Gasteiger partial charge in [0.25, 0.3) is 0 Å². The number of rotatable bonds is 0. The molecule has 3 rings (SSSR count). The smallest absolute Gasteiger partial charge is 0.240 e. The van der Waals surface area contributed by atoms with E-state index in [1.54, 1.807) is 0 Å². The zero-order chi connectivity index (χ0) is 10.4. The molecular formula is C11H11N3O. The van der Waals surface area contributed by atoms with Crippen LogP contribution in [0.15, 0.2) is 23.3 Å². The Kier molecular flexibility index (Phi) is 1.59. The second kappa shape index (κ2) is 2.82. The van der Waals surface area contributed by atoms with Gasteiger partial charge in [-0.05, 0) is 24.1 Å². The number of nitrogens with one attached hydrogen (secondary N) is 1. The van der Waals surface area contributed by atoms with Crippen LogP contribution in [0.4, 0.5) is 5.69 Å². The molecule has 0 saturated carbocycles. The fourth-order valence-electron chi connectivity index (χ4n) is 2.33. The van der Waals surface area contributed by atoms with Gasteiger partial charge < -0.3 is 5.73 Å². The molecule has 0 unspecified atom stereocenters. The first-order valence-corrected chi connectivity index (χ1v) is 4.99. The molecule has 0 saturated heterocycles. The largest absolute Gasteiger partial charge is 0.399 e. The molecule has 4 heteroatoms. The summed E-state index contributed by atoms with van der Waals surface area (Å²) in [6.45, 7) is 0. The normalized spacial score (nSPS) is 22.8. The minimum absolute atomic E-state index is 0.00419. The first-order valence-electron chi connectivity index (χ1n) is 4.99. The van der Waals surface area contributed by atoms with Crippen LogP contribution in [0.3, 0.4) is 0 Å². The van der Waals surface area contributed by atoms with Crippen LogP contribution in [0.2, 0.25) is 0 Å². The summed E-state index contributed by atoms with van der Waals surface area (Å²) in [5.74, 6) is 0.250. The SMILES string of the molecule is Nc1ccc2c(c1)C[C@@H]1CC(=O)NN=C21. The van der Waals surface area contributed by atoms with E-state index in [4.69, 9.17) is 5.73 Å². The molecule has 1 heterocycles. The molecule has 76 valence electrons. The topological polar surface area (TPSA) is 67.5 Å². The third-order valence-electron chi connectivity index (χ3n) is 2.99. The van der Waals surface area contributed by atoms with E-state index < -0.39 is 0 Å². The van der Waals surface area contributed by atoms with Gasteiger partial charge >= 0.3 is 0 Å². The molecule has 1 aromatic carbocycles. The standard InChI is InChI=1S/C11H11N3O/c12-8-1-2-9-6(4-8)3-7-5-10(15)13-14-11(7)9/h1-2,4,7H,3,5,12H2,(H,13,15)/t7-/m1/s1. The maximum absolute atomic E-state index is 11.2. The van der Waals surface area contributed by atoms with Gasteiger partial charge in [0, 0.05) is 23.6 Å². The van der Waals surface area contributed by atoms with Gasteiger partial charge in [-0.15, -0.1) is 0 Å². The van der Waals surface area contributed by atoms with E-state index in [1.165, 1.54) is 5.56 Å². The lowest BCUT2D eigenvalue weighted by molar-refractivity contribution is -0.121. The van der Waals surface area contributed by atoms with Crippen LogP contribution in [-0.4, -0.2) is 11.6 Å². The summed E-state index contributed by atoms with van der Waals surface area (Å²) in [6, 6.07) is 5.84. The highest BCUT2D eigenvalue weighted by Crippen LogP contribution is 2.32. The maximum atomic E-state index is 11.2. The number of fused-ring (bicyclic) bond motifs is 3. The predicted molar refractivity (Wildman–Crippen MR) is 57.3 cm³/mol. The molecule has 1 aliphatic carbocycles. The summed E-state index contributed by atoms with van der Waals surface area (Å²) in [7, 11) is 0. The van der Waals surface area contributed by atoms with Crippen molar-refractivity contribution >= 4 is 17.3 Å². The number of anilines is 1. The van der Waals surface area contributed by atoms with Crippen molar-refractivity contribution in [2.75, 3.05) is 5.73 Å². The maximum Gasteiger partial charge on any atom is 0.240 e. The quantitative estimate of drug-likeness (QED) is 0.606. The Balaban J connectivity index is 2.09. The summed E-state index contributed by atoms with van der Waals surface area (Å²) < 4.78 is 0. The van der Waals surface area contributed by atoms with Crippen molar-refractivity contribution in [1.29, 1.82) is 0 Å². The first-order chi connectivity index (χ1) is 7.24. The van der Waals surface area contributed by atoms with E-state index in [1.807, 2.05) is 18.2 Å². The van der Waals surface area contributed by atoms with Gasteiger partial charge in [0.05, 0.1) is 5.71 Å². The highest BCUT2D eigenvalue weighted by atomic mass is 16.2. The van der Waals surface area contributed by atoms with Gasteiger partial charge in [0.1, 0.15) is 0 Å². The average Bonchev–Trinajstić information content (AvgIpc) is 2.53. The van der Waals surface area contributed by atoms with Crippen molar-refractivity contribution in [1.82, 2.24) is 5.43 Å². The lowest BCUT2D eigenvalue weighted by Gasteiger charge is -2.15. The minimum Gasteiger partial charge on any atom is -0.399 e. The van der Waals surface area contributed by atoms with Gasteiger partial charge in [0.15, 0.2) is 0 Å². The van der Waals surface area contributed by atoms with Crippen LogP contribution in [0.25, 0.3) is 0 Å². The summed E-state index contributed by atoms with van der Waals surface area (Å²) >= 11 is 0. The van der Waals surface area contributed by atoms with Gasteiger partial charge in [-0.25, -0.2) is 5.43 Å². The highest BCUT2D eigenvalue weighted by Gasteiger charge is 2.32. The molecule has 0 bridgehead atoms. The number of carbonyl (C=O) groups is 1. The van der Waals surface area contributed by atoms with Crippen LogP contribution >= 0.6 is 0 Å². The average molecular weight is 201 g/mol. The lowest BCUT2D eigenvalue weighted by atomic mass is 9.99. The monoisotopic (exact) mass is 201 g/mol. The second-order valence-corrected chi connectivity index (χ2v) is 4.05. The Labute approximate surface area is 87.2 Å². The van der Waals surface area contributed by atoms with Crippen LogP contribution in [0.1, 0.15) is 17.5 Å². The van der Waals surface area contributed by atoms with Gasteiger partial charge in [-0.1, -0.05) is 6.07 Å². The van der Waals surface area contributed by atoms with Crippen molar-refractivity contribution < 1.29 is 4.79 Å². The number of nitrogens with zero attached hydrogens (tertiary/aromatic N) is 1. The van der Waals surface area contributed by atoms with Gasteiger partial charge in [0.2, 0.25) is 5.91 Å². The summed E-state index contributed by atoms with van der Waals surface area (Å²) in [4.78, 5) is 11.2. The van der Waals surface area contributed by atoms with Gasteiger partial charge in [-0.2, -0.15) is 5.10 Å². The van der Waals surface area contributed by atoms with Crippen molar-refractivity contribution in [2.24, 2.45) is 11.0 Å². The number of amides is 1. The number of carbonyl (C=O) groups excluding carboxylic acids is 1. The summed E-state index contributed by atoms with van der Waals surface area (Å²) in [5, 5.41) is 4.12. The number of nitrogen functional groups attached to an aromatic ring is 1. The fourth-order valence-corrected chi connectivity index (χ4v) is 2.33. The van der Waals surface area contributed by atoms with Crippen molar-refractivity contribution in [3.05, 3.63) is 29.3 Å². The fraction of sp³-hybridized carbons (Fsp3) is 0.273. The molecule has 0 fully saturated rings. The molecule has 1 atom stereocenters. The Hall–Kier alpha value is -1.84. The van der Waals surface area contributed by atoms with E-state index in [2.05, 4.69) is 10.5 Å². The molecule has 2 aliphatic rings. The van der Waals surface area contributed by atoms with E-state index in [-0.39, 0.29) is 11.8 Å². The molecule has 1 aliphatic heterocycles. The molecule has 4 nitrogen and oxygen atoms in total. The summed E-state index contributed by atoms with van der Waals surface area (Å²) in [5.41, 5.74) is 12.4. The number of nitrogens with two attached hydrogens (primary N) is 1. The molecule has 0 aromatic heterocycles. The molecule has 3 N–H and O–H groups in total. The lowest BCUT2D eigenvalue weighted by Crippen LogP contribution is -2.31. The molecule has 0 spiro atoms. The van der Waals surface area contributed by atoms with Crippen molar-refractivity contribution in [3.8, 4) is 0 Å². The van der Waals surface area contributed by atoms with Gasteiger partial charge in [-0.3, -0.25) is 4.79 Å². The van der Waals surface area contributed by atoms with E-state index in [0.29, 0.717) is 6.42 Å². The van der Waals surface area contributed by atoms with Crippen molar-refractivity contribution in [3.63, 3.8) is 0 Å². The van der Waals surface area contributed by atoms with E-state index in [9.17, 15) is 4.79 Å². The highest BCUT2D eigenvalue weighted by molar-refractivity contribution is 6.09. The minimum atomic E-state index is 0.00419. The van der Waals surface area contributed by atoms with Crippen molar-refractivity contribution in [2.45, 2.75) is 12.8 Å². The van der Waals surface area contributed by atoms with E-state index in [0.717, 1.165) is 23.4 Å². The number of hydrogen-bond donors (Lipinski definition) is 2. The molecule has 1 aromatic rings. The Morgan fingerprint density at radius 3 is 3.13 bits per heavy atom. The Morgan fingerprint density at radius 2 is 2.27 bits per heavy atom. The Bertz CT molecular complexity index is 479. The Morgan fingerprint density at radius 1 is 1.40 bits per heavy atom. The van der Waals surface area contributed by atoms with Crippen LogP contribution in [-0.2, 0) is 11.2 Å². The zero-order valence-electron chi connectivity index (χ0n) is 8.16. The second-order valence-electron chi connectivity index (χ2n) is 4.05. The van der Waals surface area contributed by atoms with Crippen LogP contribution in [0, 0.1) is 5.92 Å². The molecular weight excluding hydrogens is 190 g/mol. The first kappa shape index (κ1) is 8.47. The summed E-state index contributed by atoms with van der Waals surface area (Å²) in [6.07, 6.45) is 1.42. The molecule has 1 amide bonds. The van der Waals surface area contributed by atoms with E-state index >= 15 is 0 Å². The third kappa shape index (κ3) is 1.21. The molecule has 15 heavy (non-hydrogen) atoms. The zero-order valence-corrected chi connectivity index (χ0v) is 8.16. The third-order valence-corrected chi connectivity index (χ3v) is 2.99. The predicted octanol–water partition coefficient (Wildman–Crippen LogP) is 0.665. The number of benzene rings is 1.